The summed E-state index contributed by atoms with van der Waals surface area (Å²) < 4.78 is 5.09. The van der Waals surface area contributed by atoms with Crippen molar-refractivity contribution in [3.63, 3.8) is 0 Å². The van der Waals surface area contributed by atoms with Gasteiger partial charge >= 0.3 is 0 Å². The monoisotopic (exact) mass is 253 g/mol. The van der Waals surface area contributed by atoms with Gasteiger partial charge in [-0.15, -0.1) is 0 Å². The van der Waals surface area contributed by atoms with Gasteiger partial charge in [0.25, 0.3) is 0 Å². The molecule has 104 valence electrons. The van der Waals surface area contributed by atoms with Crippen LogP contribution in [0.15, 0.2) is 24.3 Å². The molecule has 0 spiro atoms. The Balaban J connectivity index is 0. The van der Waals surface area contributed by atoms with Crippen molar-refractivity contribution in [3.05, 3.63) is 29.8 Å². The molecular formula is C15H27NO2. The zero-order chi connectivity index (χ0) is 14.6. The summed E-state index contributed by atoms with van der Waals surface area (Å²) in [5.74, 6) is 0.882. The van der Waals surface area contributed by atoms with E-state index in [1.807, 2.05) is 52.0 Å². The standard InChI is InChI=1S/C11H15NO2.2C2H6/c1-9(13)12(2)8-10-5-4-6-11(7-10)14-3;2*1-2/h4-7H,8H2,1-3H3;2*1-2H3. The first-order valence-corrected chi connectivity index (χ1v) is 6.48. The third-order valence-corrected chi connectivity index (χ3v) is 2.09. The summed E-state index contributed by atoms with van der Waals surface area (Å²) in [5.41, 5.74) is 1.07. The van der Waals surface area contributed by atoms with E-state index in [2.05, 4.69) is 0 Å². The molecule has 0 heterocycles. The number of carbonyl (C=O) groups is 1. The number of nitrogens with zero attached hydrogens (tertiary/aromatic N) is 1. The SMILES string of the molecule is CC.CC.COc1cccc(CN(C)C(C)=O)c1. The first-order chi connectivity index (χ1) is 8.63. The molecule has 1 rings (SSSR count). The summed E-state index contributed by atoms with van der Waals surface area (Å²) in [4.78, 5) is 12.7. The minimum absolute atomic E-state index is 0.0628. The average molecular weight is 253 g/mol. The van der Waals surface area contributed by atoms with Gasteiger partial charge in [0.15, 0.2) is 0 Å². The van der Waals surface area contributed by atoms with Crippen LogP contribution in [0.3, 0.4) is 0 Å². The van der Waals surface area contributed by atoms with E-state index in [-0.39, 0.29) is 5.91 Å². The molecule has 0 aliphatic carbocycles. The Bertz CT molecular complexity index is 324. The van der Waals surface area contributed by atoms with Crippen LogP contribution in [0, 0.1) is 0 Å². The Morgan fingerprint density at radius 1 is 1.22 bits per heavy atom. The van der Waals surface area contributed by atoms with E-state index in [9.17, 15) is 4.79 Å². The Kier molecular flexibility index (Phi) is 12.5. The van der Waals surface area contributed by atoms with Crippen LogP contribution in [0.5, 0.6) is 5.75 Å². The number of ether oxygens (including phenoxy) is 1. The van der Waals surface area contributed by atoms with Crippen molar-refractivity contribution in [1.82, 2.24) is 4.90 Å². The van der Waals surface area contributed by atoms with Gasteiger partial charge in [-0.3, -0.25) is 4.79 Å². The lowest BCUT2D eigenvalue weighted by Gasteiger charge is -2.14. The first-order valence-electron chi connectivity index (χ1n) is 6.48. The van der Waals surface area contributed by atoms with E-state index in [1.165, 1.54) is 0 Å². The third-order valence-electron chi connectivity index (χ3n) is 2.09. The lowest BCUT2D eigenvalue weighted by atomic mass is 10.2. The number of methoxy groups -OCH3 is 1. The summed E-state index contributed by atoms with van der Waals surface area (Å²) >= 11 is 0. The molecular weight excluding hydrogens is 226 g/mol. The molecule has 3 nitrogen and oxygen atoms in total. The number of hydrogen-bond acceptors (Lipinski definition) is 2. The fourth-order valence-electron chi connectivity index (χ4n) is 1.16. The van der Waals surface area contributed by atoms with Gasteiger partial charge in [-0.2, -0.15) is 0 Å². The van der Waals surface area contributed by atoms with E-state index in [0.717, 1.165) is 11.3 Å². The van der Waals surface area contributed by atoms with Crippen molar-refractivity contribution in [1.29, 1.82) is 0 Å². The number of rotatable bonds is 3. The van der Waals surface area contributed by atoms with Crippen molar-refractivity contribution in [3.8, 4) is 5.75 Å². The van der Waals surface area contributed by atoms with Crippen molar-refractivity contribution >= 4 is 5.91 Å². The molecule has 0 aliphatic rings. The molecule has 0 unspecified atom stereocenters. The number of hydrogen-bond donors (Lipinski definition) is 0. The van der Waals surface area contributed by atoms with Crippen molar-refractivity contribution in [2.45, 2.75) is 41.2 Å². The Labute approximate surface area is 112 Å². The molecule has 0 aliphatic heterocycles. The normalized spacial score (nSPS) is 8.17. The molecule has 0 aromatic heterocycles. The van der Waals surface area contributed by atoms with Crippen LogP contribution in [0.1, 0.15) is 40.2 Å². The third kappa shape index (κ3) is 7.71. The summed E-state index contributed by atoms with van der Waals surface area (Å²) in [7, 11) is 3.41. The average Bonchev–Trinajstić information content (AvgIpc) is 2.43. The summed E-state index contributed by atoms with van der Waals surface area (Å²) in [6, 6.07) is 7.71. The maximum absolute atomic E-state index is 11.0. The van der Waals surface area contributed by atoms with Gasteiger partial charge in [-0.1, -0.05) is 39.8 Å². The lowest BCUT2D eigenvalue weighted by Crippen LogP contribution is -2.22. The zero-order valence-corrected chi connectivity index (χ0v) is 12.8. The Morgan fingerprint density at radius 2 is 1.78 bits per heavy atom. The smallest absolute Gasteiger partial charge is 0.219 e. The molecule has 0 radical (unpaired) electrons. The number of carbonyl (C=O) groups excluding carboxylic acids is 1. The maximum Gasteiger partial charge on any atom is 0.219 e. The quantitative estimate of drug-likeness (QED) is 0.821. The van der Waals surface area contributed by atoms with E-state index in [1.54, 1.807) is 26.0 Å². The van der Waals surface area contributed by atoms with Crippen molar-refractivity contribution in [2.24, 2.45) is 0 Å². The molecule has 0 atom stereocenters. The van der Waals surface area contributed by atoms with Crippen LogP contribution in [0.25, 0.3) is 0 Å². The van der Waals surface area contributed by atoms with Crippen LogP contribution in [-0.4, -0.2) is 25.0 Å². The largest absolute Gasteiger partial charge is 0.497 e. The molecule has 1 aromatic carbocycles. The Morgan fingerprint density at radius 3 is 2.22 bits per heavy atom. The summed E-state index contributed by atoms with van der Waals surface area (Å²) in [6.45, 7) is 10.2. The molecule has 0 bridgehead atoms. The molecule has 0 saturated carbocycles. The van der Waals surface area contributed by atoms with Crippen molar-refractivity contribution < 1.29 is 9.53 Å². The van der Waals surface area contributed by atoms with Crippen LogP contribution in [0.2, 0.25) is 0 Å². The van der Waals surface area contributed by atoms with Gasteiger partial charge in [-0.25, -0.2) is 0 Å². The van der Waals surface area contributed by atoms with Gasteiger partial charge in [-0.05, 0) is 17.7 Å². The fourth-order valence-corrected chi connectivity index (χ4v) is 1.16. The highest BCUT2D eigenvalue weighted by molar-refractivity contribution is 5.72. The van der Waals surface area contributed by atoms with Gasteiger partial charge in [0.1, 0.15) is 5.75 Å². The summed E-state index contributed by atoms with van der Waals surface area (Å²) in [5, 5.41) is 0. The first kappa shape index (κ1) is 18.8. The van der Waals surface area contributed by atoms with Crippen LogP contribution in [0.4, 0.5) is 0 Å². The molecule has 18 heavy (non-hydrogen) atoms. The molecule has 1 amide bonds. The van der Waals surface area contributed by atoms with Gasteiger partial charge in [0.2, 0.25) is 5.91 Å². The molecule has 0 fully saturated rings. The maximum atomic E-state index is 11.0. The number of amides is 1. The van der Waals surface area contributed by atoms with E-state index >= 15 is 0 Å². The van der Waals surface area contributed by atoms with Gasteiger partial charge < -0.3 is 9.64 Å². The highest BCUT2D eigenvalue weighted by atomic mass is 16.5. The minimum Gasteiger partial charge on any atom is -0.497 e. The second-order valence-electron chi connectivity index (χ2n) is 3.23. The van der Waals surface area contributed by atoms with E-state index < -0.39 is 0 Å². The fraction of sp³-hybridized carbons (Fsp3) is 0.533. The lowest BCUT2D eigenvalue weighted by molar-refractivity contribution is -0.128. The van der Waals surface area contributed by atoms with Crippen molar-refractivity contribution in [2.75, 3.05) is 14.2 Å². The molecule has 0 N–H and O–H groups in total. The summed E-state index contributed by atoms with van der Waals surface area (Å²) in [6.07, 6.45) is 0. The topological polar surface area (TPSA) is 29.5 Å². The predicted octanol–water partition coefficient (Wildman–Crippen LogP) is 3.73. The van der Waals surface area contributed by atoms with Crippen LogP contribution in [-0.2, 0) is 11.3 Å². The second kappa shape index (κ2) is 12.0. The van der Waals surface area contributed by atoms with Gasteiger partial charge in [0.05, 0.1) is 7.11 Å². The highest BCUT2D eigenvalue weighted by Gasteiger charge is 2.03. The zero-order valence-electron chi connectivity index (χ0n) is 12.8. The van der Waals surface area contributed by atoms with E-state index in [4.69, 9.17) is 4.74 Å². The highest BCUT2D eigenvalue weighted by Crippen LogP contribution is 2.13. The van der Waals surface area contributed by atoms with Gasteiger partial charge in [0, 0.05) is 20.5 Å². The molecule has 3 heteroatoms. The predicted molar refractivity (Wildman–Crippen MR) is 77.8 cm³/mol. The minimum atomic E-state index is 0.0628. The van der Waals surface area contributed by atoms with Crippen LogP contribution < -0.4 is 4.74 Å². The molecule has 0 saturated heterocycles. The van der Waals surface area contributed by atoms with Crippen LogP contribution >= 0.6 is 0 Å². The number of benzene rings is 1. The Hall–Kier alpha value is -1.51. The van der Waals surface area contributed by atoms with E-state index in [0.29, 0.717) is 6.54 Å². The molecule has 1 aromatic rings. The second-order valence-corrected chi connectivity index (χ2v) is 3.23.